The molecule has 0 amide bonds. The van der Waals surface area contributed by atoms with Gasteiger partial charge in [-0.2, -0.15) is 0 Å². The smallest absolute Gasteiger partial charge is 0.330 e. The van der Waals surface area contributed by atoms with Gasteiger partial charge in [-0.15, -0.1) is 0 Å². The SMILES string of the molecule is C=CC(=O)OCCNCO. The van der Waals surface area contributed by atoms with Gasteiger partial charge in [0.05, 0.1) is 6.73 Å². The Bertz CT molecular complexity index is 114. The monoisotopic (exact) mass is 145 g/mol. The predicted molar refractivity (Wildman–Crippen MR) is 36.2 cm³/mol. The molecule has 0 bridgehead atoms. The lowest BCUT2D eigenvalue weighted by Gasteiger charge is -2.00. The molecule has 0 spiro atoms. The number of hydrogen-bond acceptors (Lipinski definition) is 4. The molecule has 0 saturated carbocycles. The summed E-state index contributed by atoms with van der Waals surface area (Å²) in [7, 11) is 0. The molecule has 0 rings (SSSR count). The zero-order valence-corrected chi connectivity index (χ0v) is 5.67. The van der Waals surface area contributed by atoms with Gasteiger partial charge in [-0.3, -0.25) is 5.32 Å². The van der Waals surface area contributed by atoms with E-state index in [0.717, 1.165) is 6.08 Å². The van der Waals surface area contributed by atoms with E-state index >= 15 is 0 Å². The Morgan fingerprint density at radius 2 is 2.50 bits per heavy atom. The zero-order valence-electron chi connectivity index (χ0n) is 5.67. The van der Waals surface area contributed by atoms with Gasteiger partial charge in [0.25, 0.3) is 0 Å². The van der Waals surface area contributed by atoms with Crippen molar-refractivity contribution in [2.75, 3.05) is 19.9 Å². The molecule has 0 atom stereocenters. The number of carbonyl (C=O) groups is 1. The lowest BCUT2D eigenvalue weighted by molar-refractivity contribution is -0.137. The molecule has 0 fully saturated rings. The van der Waals surface area contributed by atoms with E-state index in [4.69, 9.17) is 5.11 Å². The molecule has 0 aromatic heterocycles. The average Bonchev–Trinajstić information content (AvgIpc) is 1.98. The second-order valence-corrected chi connectivity index (χ2v) is 1.53. The quantitative estimate of drug-likeness (QED) is 0.231. The van der Waals surface area contributed by atoms with Crippen molar-refractivity contribution in [2.24, 2.45) is 0 Å². The minimum Gasteiger partial charge on any atom is -0.461 e. The summed E-state index contributed by atoms with van der Waals surface area (Å²) < 4.78 is 4.56. The second-order valence-electron chi connectivity index (χ2n) is 1.53. The number of esters is 1. The Morgan fingerprint density at radius 1 is 1.80 bits per heavy atom. The van der Waals surface area contributed by atoms with Gasteiger partial charge < -0.3 is 9.84 Å². The second kappa shape index (κ2) is 6.25. The lowest BCUT2D eigenvalue weighted by Crippen LogP contribution is -2.21. The molecule has 0 radical (unpaired) electrons. The highest BCUT2D eigenvalue weighted by atomic mass is 16.5. The van der Waals surface area contributed by atoms with Crippen LogP contribution in [0.3, 0.4) is 0 Å². The number of ether oxygens (including phenoxy) is 1. The average molecular weight is 145 g/mol. The molecule has 0 aliphatic heterocycles. The van der Waals surface area contributed by atoms with Gasteiger partial charge in [0.1, 0.15) is 6.61 Å². The van der Waals surface area contributed by atoms with Crippen molar-refractivity contribution in [3.05, 3.63) is 12.7 Å². The molecule has 4 nitrogen and oxygen atoms in total. The Morgan fingerprint density at radius 3 is 3.00 bits per heavy atom. The minimum atomic E-state index is -0.445. The highest BCUT2D eigenvalue weighted by Gasteiger charge is 1.92. The van der Waals surface area contributed by atoms with E-state index in [1.807, 2.05) is 0 Å². The van der Waals surface area contributed by atoms with E-state index in [2.05, 4.69) is 16.6 Å². The zero-order chi connectivity index (χ0) is 7.82. The van der Waals surface area contributed by atoms with Crippen LogP contribution in [0.5, 0.6) is 0 Å². The van der Waals surface area contributed by atoms with Crippen molar-refractivity contribution in [2.45, 2.75) is 0 Å². The van der Waals surface area contributed by atoms with Crippen LogP contribution in [-0.2, 0) is 9.53 Å². The fourth-order valence-corrected chi connectivity index (χ4v) is 0.362. The number of nitrogens with one attached hydrogen (secondary N) is 1. The van der Waals surface area contributed by atoms with E-state index in [0.29, 0.717) is 6.54 Å². The summed E-state index contributed by atoms with van der Waals surface area (Å²) in [6.07, 6.45) is 1.10. The number of hydrogen-bond donors (Lipinski definition) is 2. The van der Waals surface area contributed by atoms with Gasteiger partial charge >= 0.3 is 5.97 Å². The van der Waals surface area contributed by atoms with Crippen LogP contribution >= 0.6 is 0 Å². The highest BCUT2D eigenvalue weighted by Crippen LogP contribution is 1.76. The third-order valence-corrected chi connectivity index (χ3v) is 0.802. The number of carbonyl (C=O) groups excluding carboxylic acids is 1. The molecule has 0 aromatic carbocycles. The van der Waals surface area contributed by atoms with Crippen molar-refractivity contribution in [1.82, 2.24) is 5.32 Å². The van der Waals surface area contributed by atoms with E-state index in [9.17, 15) is 4.79 Å². The topological polar surface area (TPSA) is 58.6 Å². The first kappa shape index (κ1) is 9.13. The van der Waals surface area contributed by atoms with Crippen molar-refractivity contribution < 1.29 is 14.6 Å². The summed E-state index contributed by atoms with van der Waals surface area (Å²) in [6.45, 7) is 3.82. The number of rotatable bonds is 5. The first-order valence-electron chi connectivity index (χ1n) is 2.92. The molecule has 58 valence electrons. The first-order valence-corrected chi connectivity index (χ1v) is 2.92. The van der Waals surface area contributed by atoms with Crippen LogP contribution in [0.2, 0.25) is 0 Å². The molecule has 0 aliphatic carbocycles. The summed E-state index contributed by atoms with van der Waals surface area (Å²) in [4.78, 5) is 10.3. The lowest BCUT2D eigenvalue weighted by atomic mass is 10.6. The van der Waals surface area contributed by atoms with E-state index in [1.54, 1.807) is 0 Å². The normalized spacial score (nSPS) is 8.90. The molecule has 4 heteroatoms. The van der Waals surface area contributed by atoms with Crippen LogP contribution < -0.4 is 5.32 Å². The predicted octanol–water partition coefficient (Wildman–Crippen LogP) is -0.745. The van der Waals surface area contributed by atoms with Gasteiger partial charge in [-0.1, -0.05) is 6.58 Å². The summed E-state index contributed by atoms with van der Waals surface area (Å²) >= 11 is 0. The summed E-state index contributed by atoms with van der Waals surface area (Å²) in [5.41, 5.74) is 0. The van der Waals surface area contributed by atoms with Gasteiger partial charge in [0, 0.05) is 12.6 Å². The molecule has 0 aliphatic rings. The molecular formula is C6H11NO3. The van der Waals surface area contributed by atoms with Crippen molar-refractivity contribution in [3.63, 3.8) is 0 Å². The Labute approximate surface area is 59.5 Å². The third kappa shape index (κ3) is 5.27. The van der Waals surface area contributed by atoms with Crippen LogP contribution in [0, 0.1) is 0 Å². The largest absolute Gasteiger partial charge is 0.461 e. The van der Waals surface area contributed by atoms with E-state index < -0.39 is 5.97 Å². The maximum Gasteiger partial charge on any atom is 0.330 e. The van der Waals surface area contributed by atoms with Crippen molar-refractivity contribution >= 4 is 5.97 Å². The van der Waals surface area contributed by atoms with Gasteiger partial charge in [-0.25, -0.2) is 4.79 Å². The molecule has 0 saturated heterocycles. The summed E-state index contributed by atoms with van der Waals surface area (Å²) in [5.74, 6) is -0.445. The van der Waals surface area contributed by atoms with Crippen LogP contribution in [0.15, 0.2) is 12.7 Å². The first-order chi connectivity index (χ1) is 4.81. The van der Waals surface area contributed by atoms with E-state index in [-0.39, 0.29) is 13.3 Å². The number of aliphatic hydroxyl groups is 1. The third-order valence-electron chi connectivity index (χ3n) is 0.802. The number of aliphatic hydroxyl groups excluding tert-OH is 1. The van der Waals surface area contributed by atoms with Crippen molar-refractivity contribution in [1.29, 1.82) is 0 Å². The van der Waals surface area contributed by atoms with Gasteiger partial charge in [0.2, 0.25) is 0 Å². The Hall–Kier alpha value is -0.870. The molecule has 0 aromatic rings. The molecule has 10 heavy (non-hydrogen) atoms. The fourth-order valence-electron chi connectivity index (χ4n) is 0.362. The molecule has 0 heterocycles. The fraction of sp³-hybridized carbons (Fsp3) is 0.500. The van der Waals surface area contributed by atoms with Crippen molar-refractivity contribution in [3.8, 4) is 0 Å². The van der Waals surface area contributed by atoms with Crippen LogP contribution in [0.4, 0.5) is 0 Å². The van der Waals surface area contributed by atoms with Crippen LogP contribution in [0.25, 0.3) is 0 Å². The maximum atomic E-state index is 10.3. The molecule has 0 unspecified atom stereocenters. The minimum absolute atomic E-state index is 0.106. The standard InChI is InChI=1S/C6H11NO3/c1-2-6(9)10-4-3-7-5-8/h2,7-8H,1,3-5H2. The summed E-state index contributed by atoms with van der Waals surface area (Å²) in [6, 6.07) is 0. The van der Waals surface area contributed by atoms with Gasteiger partial charge in [-0.05, 0) is 0 Å². The molecular weight excluding hydrogens is 134 g/mol. The van der Waals surface area contributed by atoms with Crippen LogP contribution in [0.1, 0.15) is 0 Å². The maximum absolute atomic E-state index is 10.3. The Balaban J connectivity index is 3.03. The van der Waals surface area contributed by atoms with Crippen LogP contribution in [-0.4, -0.2) is 31.0 Å². The van der Waals surface area contributed by atoms with Gasteiger partial charge in [0.15, 0.2) is 0 Å². The Kier molecular flexibility index (Phi) is 5.71. The highest BCUT2D eigenvalue weighted by molar-refractivity contribution is 5.81. The molecule has 2 N–H and O–H groups in total. The van der Waals surface area contributed by atoms with E-state index in [1.165, 1.54) is 0 Å². The summed E-state index contributed by atoms with van der Waals surface area (Å²) in [5, 5.41) is 10.8.